The summed E-state index contributed by atoms with van der Waals surface area (Å²) in [4.78, 5) is 24.6. The van der Waals surface area contributed by atoms with Gasteiger partial charge in [0.25, 0.3) is 0 Å². The van der Waals surface area contributed by atoms with Crippen molar-refractivity contribution in [3.8, 4) is 17.2 Å². The fourth-order valence-corrected chi connectivity index (χ4v) is 5.48. The van der Waals surface area contributed by atoms with Gasteiger partial charge in [-0.05, 0) is 54.0 Å². The Morgan fingerprint density at radius 3 is 2.30 bits per heavy atom. The van der Waals surface area contributed by atoms with E-state index in [9.17, 15) is 18.0 Å². The maximum Gasteiger partial charge on any atom is 0.305 e. The number of benzene rings is 3. The van der Waals surface area contributed by atoms with Crippen LogP contribution < -0.4 is 14.8 Å². The number of ether oxygens (including phenoxy) is 2. The average Bonchev–Trinajstić information content (AvgIpc) is 3.01. The number of amides is 1. The lowest BCUT2D eigenvalue weighted by atomic mass is 9.95. The Balaban J connectivity index is 1.37. The SMILES string of the molecule is CC1C(N(Cc2ccccc2)Cc2ccc(Oc3cccc(OCCCC(=O)NCCC(=O)O)c3)cc2)=CC=CC1=NS(C)(=O)=O. The van der Waals surface area contributed by atoms with Crippen LogP contribution in [0.15, 0.2) is 107 Å². The predicted molar refractivity (Wildman–Crippen MR) is 177 cm³/mol. The van der Waals surface area contributed by atoms with Crippen molar-refractivity contribution in [2.45, 2.75) is 39.3 Å². The van der Waals surface area contributed by atoms with Crippen molar-refractivity contribution in [3.05, 3.63) is 114 Å². The second-order valence-corrected chi connectivity index (χ2v) is 12.6. The highest BCUT2D eigenvalue weighted by Crippen LogP contribution is 2.29. The third-order valence-electron chi connectivity index (χ3n) is 7.09. The van der Waals surface area contributed by atoms with Gasteiger partial charge in [-0.2, -0.15) is 4.40 Å². The van der Waals surface area contributed by atoms with Crippen LogP contribution in [0.25, 0.3) is 0 Å². The number of hydrogen-bond donors (Lipinski definition) is 2. The minimum Gasteiger partial charge on any atom is -0.493 e. The summed E-state index contributed by atoms with van der Waals surface area (Å²) in [5, 5.41) is 11.2. The van der Waals surface area contributed by atoms with Crippen LogP contribution in [0.2, 0.25) is 0 Å². The quantitative estimate of drug-likeness (QED) is 0.189. The van der Waals surface area contributed by atoms with E-state index in [2.05, 4.69) is 26.7 Å². The van der Waals surface area contributed by atoms with Crippen LogP contribution in [0.4, 0.5) is 0 Å². The molecule has 10 nitrogen and oxygen atoms in total. The molecule has 3 aromatic carbocycles. The van der Waals surface area contributed by atoms with Crippen molar-refractivity contribution in [1.29, 1.82) is 0 Å². The Labute approximate surface area is 270 Å². The number of nitrogens with one attached hydrogen (secondary N) is 1. The molecule has 1 atom stereocenters. The first-order chi connectivity index (χ1) is 22.1. The van der Waals surface area contributed by atoms with E-state index < -0.39 is 16.0 Å². The number of aliphatic carboxylic acids is 1. The topological polar surface area (TPSA) is 135 Å². The summed E-state index contributed by atoms with van der Waals surface area (Å²) in [5.74, 6) is 0.506. The minimum atomic E-state index is -3.53. The maximum absolute atomic E-state index is 11.9. The van der Waals surface area contributed by atoms with Gasteiger partial charge in [0, 0.05) is 43.7 Å². The fraction of sp³-hybridized carbons (Fsp3) is 0.286. The van der Waals surface area contributed by atoms with E-state index in [1.54, 1.807) is 12.1 Å². The Morgan fingerprint density at radius 2 is 1.61 bits per heavy atom. The van der Waals surface area contributed by atoms with Gasteiger partial charge in [0.15, 0.2) is 0 Å². The van der Waals surface area contributed by atoms with Gasteiger partial charge in [-0.15, -0.1) is 0 Å². The highest BCUT2D eigenvalue weighted by Gasteiger charge is 2.23. The van der Waals surface area contributed by atoms with Crippen molar-refractivity contribution >= 4 is 27.6 Å². The zero-order chi connectivity index (χ0) is 32.9. The third-order valence-corrected chi connectivity index (χ3v) is 7.63. The van der Waals surface area contributed by atoms with E-state index in [1.807, 2.05) is 79.7 Å². The van der Waals surface area contributed by atoms with Crippen molar-refractivity contribution in [2.75, 3.05) is 19.4 Å². The van der Waals surface area contributed by atoms with Crippen LogP contribution in [0, 0.1) is 5.92 Å². The van der Waals surface area contributed by atoms with Gasteiger partial charge in [0.2, 0.25) is 15.9 Å². The molecule has 11 heteroatoms. The Morgan fingerprint density at radius 1 is 0.913 bits per heavy atom. The number of nitrogens with zero attached hydrogens (tertiary/aromatic N) is 2. The van der Waals surface area contributed by atoms with Crippen molar-refractivity contribution in [3.63, 3.8) is 0 Å². The lowest BCUT2D eigenvalue weighted by Crippen LogP contribution is -2.30. The first-order valence-electron chi connectivity index (χ1n) is 15.0. The summed E-state index contributed by atoms with van der Waals surface area (Å²) >= 11 is 0. The lowest BCUT2D eigenvalue weighted by Gasteiger charge is -2.33. The van der Waals surface area contributed by atoms with Crippen LogP contribution in [0.3, 0.4) is 0 Å². The van der Waals surface area contributed by atoms with Gasteiger partial charge in [-0.25, -0.2) is 8.42 Å². The van der Waals surface area contributed by atoms with Crippen LogP contribution >= 0.6 is 0 Å². The van der Waals surface area contributed by atoms with E-state index >= 15 is 0 Å². The fourth-order valence-electron chi connectivity index (χ4n) is 4.87. The number of rotatable bonds is 16. The van der Waals surface area contributed by atoms with Crippen LogP contribution in [-0.2, 0) is 32.7 Å². The molecule has 0 spiro atoms. The van der Waals surface area contributed by atoms with E-state index in [4.69, 9.17) is 14.6 Å². The molecule has 0 saturated heterocycles. The lowest BCUT2D eigenvalue weighted by molar-refractivity contribution is -0.136. The van der Waals surface area contributed by atoms with Crippen LogP contribution in [-0.4, -0.2) is 55.4 Å². The first-order valence-corrected chi connectivity index (χ1v) is 16.9. The highest BCUT2D eigenvalue weighted by atomic mass is 32.2. The third kappa shape index (κ3) is 11.2. The number of hydrogen-bond acceptors (Lipinski definition) is 7. The molecule has 46 heavy (non-hydrogen) atoms. The van der Waals surface area contributed by atoms with Crippen molar-refractivity contribution in [2.24, 2.45) is 10.3 Å². The van der Waals surface area contributed by atoms with Gasteiger partial charge in [0.05, 0.1) is 25.0 Å². The molecular formula is C35H39N3O7S. The molecular weight excluding hydrogens is 606 g/mol. The first kappa shape index (κ1) is 34.0. The zero-order valence-corrected chi connectivity index (χ0v) is 26.8. The van der Waals surface area contributed by atoms with Gasteiger partial charge in [-0.1, -0.05) is 61.5 Å². The molecule has 0 aliphatic heterocycles. The molecule has 4 rings (SSSR count). The summed E-state index contributed by atoms with van der Waals surface area (Å²) in [5.41, 5.74) is 3.67. The molecule has 0 saturated carbocycles. The normalized spacial score (nSPS) is 15.2. The van der Waals surface area contributed by atoms with Crippen LogP contribution in [0.5, 0.6) is 17.2 Å². The molecule has 1 amide bonds. The summed E-state index contributed by atoms with van der Waals surface area (Å²) in [6.07, 6.45) is 7.33. The van der Waals surface area contributed by atoms with E-state index in [-0.39, 0.29) is 31.2 Å². The largest absolute Gasteiger partial charge is 0.493 e. The standard InChI is InChI=1S/C35H39N3O7S/c1-26-32(37-46(2,42)43)13-7-14-33(26)38(24-27-9-4-3-5-10-27)25-28-16-18-29(19-17-28)45-31-12-6-11-30(23-31)44-22-8-15-34(39)36-21-20-35(40)41/h3-7,9-14,16-19,23,26H,8,15,20-22,24-25H2,1-2H3,(H,36,39)(H,40,41). The number of carboxylic acids is 1. The molecule has 1 aliphatic rings. The number of carbonyl (C=O) groups is 2. The second kappa shape index (κ2) is 16.4. The maximum atomic E-state index is 11.9. The molecule has 0 aromatic heterocycles. The highest BCUT2D eigenvalue weighted by molar-refractivity contribution is 7.89. The summed E-state index contributed by atoms with van der Waals surface area (Å²) < 4.78 is 39.7. The Hall–Kier alpha value is -4.90. The molecule has 0 radical (unpaired) electrons. The van der Waals surface area contributed by atoms with Gasteiger partial charge in [0.1, 0.15) is 17.2 Å². The minimum absolute atomic E-state index is 0.106. The zero-order valence-electron chi connectivity index (χ0n) is 26.0. The van der Waals surface area contributed by atoms with E-state index in [1.165, 1.54) is 0 Å². The smallest absolute Gasteiger partial charge is 0.305 e. The molecule has 0 fully saturated rings. The average molecular weight is 646 g/mol. The van der Waals surface area contributed by atoms with Crippen molar-refractivity contribution in [1.82, 2.24) is 10.2 Å². The van der Waals surface area contributed by atoms with E-state index in [0.29, 0.717) is 49.1 Å². The molecule has 0 bridgehead atoms. The van der Waals surface area contributed by atoms with Gasteiger partial charge in [-0.3, -0.25) is 9.59 Å². The predicted octanol–water partition coefficient (Wildman–Crippen LogP) is 5.72. The summed E-state index contributed by atoms with van der Waals surface area (Å²) in [7, 11) is -3.53. The number of carbonyl (C=O) groups excluding carboxylic acids is 1. The molecule has 0 heterocycles. The number of allylic oxidation sites excluding steroid dienone is 4. The van der Waals surface area contributed by atoms with Crippen LogP contribution in [0.1, 0.15) is 37.3 Å². The Kier molecular flexibility index (Phi) is 12.1. The summed E-state index contributed by atoms with van der Waals surface area (Å²) in [6.45, 7) is 3.63. The number of carboxylic acid groups (broad SMARTS) is 1. The second-order valence-electron chi connectivity index (χ2n) is 10.9. The van der Waals surface area contributed by atoms with Gasteiger partial charge < -0.3 is 24.8 Å². The molecule has 2 N–H and O–H groups in total. The number of sulfonamides is 1. The molecule has 242 valence electrons. The van der Waals surface area contributed by atoms with Gasteiger partial charge >= 0.3 is 5.97 Å². The Bertz CT molecular complexity index is 1680. The monoisotopic (exact) mass is 645 g/mol. The van der Waals surface area contributed by atoms with Crippen molar-refractivity contribution < 1.29 is 32.6 Å². The molecule has 1 aliphatic carbocycles. The summed E-state index contributed by atoms with van der Waals surface area (Å²) in [6, 6.07) is 25.2. The molecule has 1 unspecified atom stereocenters. The van der Waals surface area contributed by atoms with E-state index in [0.717, 1.165) is 23.1 Å². The molecule has 3 aromatic rings.